The van der Waals surface area contributed by atoms with Gasteiger partial charge in [-0.05, 0) is 37.5 Å². The standard InChI is InChI=1S/C18H25N3O2S/c1-14-4-2-6-16(12-14)19-18(23)21-7-3-5-15(13-21)17(22)20-8-10-24-11-9-20/h2,4,6,12,15H,3,5,7-11,13H2,1H3,(H,19,23)/t15-/m0/s1. The first-order chi connectivity index (χ1) is 11.6. The van der Waals surface area contributed by atoms with Crippen molar-refractivity contribution in [3.8, 4) is 0 Å². The molecule has 0 radical (unpaired) electrons. The quantitative estimate of drug-likeness (QED) is 0.895. The number of nitrogens with zero attached hydrogens (tertiary/aromatic N) is 2. The van der Waals surface area contributed by atoms with Gasteiger partial charge < -0.3 is 15.1 Å². The van der Waals surface area contributed by atoms with E-state index in [0.717, 1.165) is 55.2 Å². The molecule has 3 rings (SSSR count). The maximum absolute atomic E-state index is 12.7. The summed E-state index contributed by atoms with van der Waals surface area (Å²) in [6, 6.07) is 7.68. The number of carbonyl (C=O) groups excluding carboxylic acids is 2. The fourth-order valence-electron chi connectivity index (χ4n) is 3.33. The first-order valence-electron chi connectivity index (χ1n) is 8.62. The van der Waals surface area contributed by atoms with Gasteiger partial charge in [0.1, 0.15) is 0 Å². The van der Waals surface area contributed by atoms with Crippen molar-refractivity contribution in [2.24, 2.45) is 5.92 Å². The number of aryl methyl sites for hydroxylation is 1. The van der Waals surface area contributed by atoms with Gasteiger partial charge >= 0.3 is 6.03 Å². The van der Waals surface area contributed by atoms with E-state index in [1.165, 1.54) is 0 Å². The number of rotatable bonds is 2. The Balaban J connectivity index is 1.58. The molecule has 1 N–H and O–H groups in total. The molecule has 130 valence electrons. The van der Waals surface area contributed by atoms with Crippen LogP contribution in [0.5, 0.6) is 0 Å². The third-order valence-electron chi connectivity index (χ3n) is 4.65. The van der Waals surface area contributed by atoms with Gasteiger partial charge in [-0.1, -0.05) is 12.1 Å². The fraction of sp³-hybridized carbons (Fsp3) is 0.556. The second-order valence-corrected chi connectivity index (χ2v) is 7.75. The molecule has 1 aromatic rings. The predicted molar refractivity (Wildman–Crippen MR) is 98.4 cm³/mol. The molecule has 0 saturated carbocycles. The van der Waals surface area contributed by atoms with Crippen LogP contribution in [-0.4, -0.2) is 59.4 Å². The number of piperidine rings is 1. The predicted octanol–water partition coefficient (Wildman–Crippen LogP) is 2.81. The van der Waals surface area contributed by atoms with Crippen LogP contribution in [0, 0.1) is 12.8 Å². The molecule has 2 heterocycles. The first kappa shape index (κ1) is 17.1. The van der Waals surface area contributed by atoms with Crippen LogP contribution in [0.15, 0.2) is 24.3 Å². The van der Waals surface area contributed by atoms with E-state index in [2.05, 4.69) is 5.32 Å². The number of nitrogens with one attached hydrogen (secondary N) is 1. The molecule has 3 amide bonds. The molecule has 1 atom stereocenters. The molecule has 1 aromatic carbocycles. The molecule has 24 heavy (non-hydrogen) atoms. The zero-order chi connectivity index (χ0) is 16.9. The van der Waals surface area contributed by atoms with Gasteiger partial charge in [0.25, 0.3) is 0 Å². The second kappa shape index (κ2) is 7.92. The Morgan fingerprint density at radius 2 is 1.96 bits per heavy atom. The minimum Gasteiger partial charge on any atom is -0.341 e. The van der Waals surface area contributed by atoms with Gasteiger partial charge in [-0.3, -0.25) is 4.79 Å². The number of carbonyl (C=O) groups is 2. The van der Waals surface area contributed by atoms with Crippen molar-refractivity contribution in [1.29, 1.82) is 0 Å². The van der Waals surface area contributed by atoms with Gasteiger partial charge in [-0.2, -0.15) is 11.8 Å². The molecule has 0 bridgehead atoms. The lowest BCUT2D eigenvalue weighted by Gasteiger charge is -2.36. The highest BCUT2D eigenvalue weighted by atomic mass is 32.2. The molecule has 2 saturated heterocycles. The molecule has 0 unspecified atom stereocenters. The van der Waals surface area contributed by atoms with Crippen LogP contribution >= 0.6 is 11.8 Å². The van der Waals surface area contributed by atoms with E-state index in [1.54, 1.807) is 4.90 Å². The molecular formula is C18H25N3O2S. The maximum atomic E-state index is 12.7. The number of urea groups is 1. The van der Waals surface area contributed by atoms with Crippen LogP contribution in [0.1, 0.15) is 18.4 Å². The number of thioether (sulfide) groups is 1. The topological polar surface area (TPSA) is 52.7 Å². The van der Waals surface area contributed by atoms with Crippen molar-refractivity contribution >= 4 is 29.4 Å². The summed E-state index contributed by atoms with van der Waals surface area (Å²) in [4.78, 5) is 29.0. The van der Waals surface area contributed by atoms with Gasteiger partial charge in [-0.25, -0.2) is 4.79 Å². The summed E-state index contributed by atoms with van der Waals surface area (Å²) in [5, 5.41) is 2.95. The van der Waals surface area contributed by atoms with Crippen molar-refractivity contribution in [2.75, 3.05) is 43.0 Å². The highest BCUT2D eigenvalue weighted by Crippen LogP contribution is 2.22. The SMILES string of the molecule is Cc1cccc(NC(=O)N2CCC[C@H](C(=O)N3CCSCC3)C2)c1. The largest absolute Gasteiger partial charge is 0.341 e. The molecule has 5 nitrogen and oxygen atoms in total. The summed E-state index contributed by atoms with van der Waals surface area (Å²) >= 11 is 1.90. The van der Waals surface area contributed by atoms with E-state index in [-0.39, 0.29) is 17.9 Å². The molecule has 0 aromatic heterocycles. The Kier molecular flexibility index (Phi) is 5.66. The Hall–Kier alpha value is -1.69. The number of benzene rings is 1. The van der Waals surface area contributed by atoms with Crippen molar-refractivity contribution in [3.05, 3.63) is 29.8 Å². The number of hydrogen-bond acceptors (Lipinski definition) is 3. The van der Waals surface area contributed by atoms with Crippen LogP contribution in [0.2, 0.25) is 0 Å². The van der Waals surface area contributed by atoms with Crippen LogP contribution in [0.3, 0.4) is 0 Å². The fourth-order valence-corrected chi connectivity index (χ4v) is 4.23. The average molecular weight is 347 g/mol. The van der Waals surface area contributed by atoms with Crippen molar-refractivity contribution in [2.45, 2.75) is 19.8 Å². The summed E-state index contributed by atoms with van der Waals surface area (Å²) in [7, 11) is 0. The second-order valence-electron chi connectivity index (χ2n) is 6.52. The van der Waals surface area contributed by atoms with Crippen molar-refractivity contribution < 1.29 is 9.59 Å². The monoisotopic (exact) mass is 347 g/mol. The lowest BCUT2D eigenvalue weighted by atomic mass is 9.96. The van der Waals surface area contributed by atoms with E-state index in [9.17, 15) is 9.59 Å². The Labute approximate surface area is 147 Å². The lowest BCUT2D eigenvalue weighted by molar-refractivity contribution is -0.136. The zero-order valence-electron chi connectivity index (χ0n) is 14.2. The minimum atomic E-state index is -0.104. The van der Waals surface area contributed by atoms with Gasteiger partial charge in [0.15, 0.2) is 0 Å². The summed E-state index contributed by atoms with van der Waals surface area (Å²) in [5.41, 5.74) is 1.92. The third kappa shape index (κ3) is 4.23. The van der Waals surface area contributed by atoms with Crippen molar-refractivity contribution in [1.82, 2.24) is 9.80 Å². The van der Waals surface area contributed by atoms with Crippen LogP contribution in [0.25, 0.3) is 0 Å². The normalized spacial score (nSPS) is 21.5. The summed E-state index contributed by atoms with van der Waals surface area (Å²) < 4.78 is 0. The minimum absolute atomic E-state index is 0.0508. The Bertz CT molecular complexity index is 602. The van der Waals surface area contributed by atoms with Crippen LogP contribution in [0.4, 0.5) is 10.5 Å². The third-order valence-corrected chi connectivity index (χ3v) is 5.59. The zero-order valence-corrected chi connectivity index (χ0v) is 15.0. The average Bonchev–Trinajstić information content (AvgIpc) is 2.62. The van der Waals surface area contributed by atoms with E-state index in [0.29, 0.717) is 6.54 Å². The highest BCUT2D eigenvalue weighted by molar-refractivity contribution is 7.99. The van der Waals surface area contributed by atoms with Gasteiger partial charge in [0.05, 0.1) is 5.92 Å². The number of likely N-dealkylation sites (tertiary alicyclic amines) is 1. The summed E-state index contributed by atoms with van der Waals surface area (Å²) in [5.74, 6) is 2.22. The lowest BCUT2D eigenvalue weighted by Crippen LogP contribution is -2.49. The number of hydrogen-bond donors (Lipinski definition) is 1. The molecule has 0 aliphatic carbocycles. The van der Waals surface area contributed by atoms with E-state index >= 15 is 0 Å². The Morgan fingerprint density at radius 3 is 2.71 bits per heavy atom. The van der Waals surface area contributed by atoms with Crippen LogP contribution in [-0.2, 0) is 4.79 Å². The smallest absolute Gasteiger partial charge is 0.321 e. The van der Waals surface area contributed by atoms with Gasteiger partial charge in [-0.15, -0.1) is 0 Å². The molecule has 6 heteroatoms. The van der Waals surface area contributed by atoms with E-state index < -0.39 is 0 Å². The first-order valence-corrected chi connectivity index (χ1v) is 9.78. The van der Waals surface area contributed by atoms with Gasteiger partial charge in [0, 0.05) is 43.4 Å². The van der Waals surface area contributed by atoms with E-state index in [1.807, 2.05) is 47.9 Å². The molecule has 2 aliphatic heterocycles. The van der Waals surface area contributed by atoms with Crippen molar-refractivity contribution in [3.63, 3.8) is 0 Å². The van der Waals surface area contributed by atoms with Crippen LogP contribution < -0.4 is 5.32 Å². The molecule has 0 spiro atoms. The molecule has 2 fully saturated rings. The number of anilines is 1. The summed E-state index contributed by atoms with van der Waals surface area (Å²) in [6.45, 7) is 4.94. The summed E-state index contributed by atoms with van der Waals surface area (Å²) in [6.07, 6.45) is 1.77. The van der Waals surface area contributed by atoms with Gasteiger partial charge in [0.2, 0.25) is 5.91 Å². The maximum Gasteiger partial charge on any atom is 0.321 e. The number of amides is 3. The molecular weight excluding hydrogens is 322 g/mol. The van der Waals surface area contributed by atoms with E-state index in [4.69, 9.17) is 0 Å². The Morgan fingerprint density at radius 1 is 1.17 bits per heavy atom. The molecule has 2 aliphatic rings. The highest BCUT2D eigenvalue weighted by Gasteiger charge is 2.31.